The monoisotopic (exact) mass is 362 g/mol. The van der Waals surface area contributed by atoms with E-state index in [2.05, 4.69) is 34.5 Å². The van der Waals surface area contributed by atoms with Gasteiger partial charge in [0.1, 0.15) is 5.82 Å². The molecule has 2 aliphatic heterocycles. The van der Waals surface area contributed by atoms with Crippen LogP contribution in [0.25, 0.3) is 0 Å². The lowest BCUT2D eigenvalue weighted by Gasteiger charge is -2.28. The van der Waals surface area contributed by atoms with Crippen molar-refractivity contribution in [3.05, 3.63) is 33.9 Å². The molecule has 0 aromatic carbocycles. The summed E-state index contributed by atoms with van der Waals surface area (Å²) in [6.45, 7) is 7.24. The summed E-state index contributed by atoms with van der Waals surface area (Å²) in [4.78, 5) is 0.916. The highest BCUT2D eigenvalue weighted by atomic mass is 32.2. The second kappa shape index (κ2) is 8.99. The van der Waals surface area contributed by atoms with E-state index in [1.54, 1.807) is 0 Å². The van der Waals surface area contributed by atoms with Crippen LogP contribution in [0.4, 0.5) is 0 Å². The van der Waals surface area contributed by atoms with E-state index >= 15 is 0 Å². The maximum atomic E-state index is 8.39. The molecule has 0 bridgehead atoms. The van der Waals surface area contributed by atoms with E-state index < -0.39 is 0 Å². The zero-order valence-corrected chi connectivity index (χ0v) is 16.4. The van der Waals surface area contributed by atoms with E-state index in [1.165, 1.54) is 31.0 Å². The molecule has 0 radical (unpaired) electrons. The van der Waals surface area contributed by atoms with Gasteiger partial charge in [-0.1, -0.05) is 20.8 Å². The fraction of sp³-hybridized carbons (Fsp3) is 0.556. The lowest BCUT2D eigenvalue weighted by Crippen LogP contribution is -2.37. The van der Waals surface area contributed by atoms with Crippen LogP contribution in [0.15, 0.2) is 33.9 Å². The fourth-order valence-corrected chi connectivity index (χ4v) is 3.73. The molecular formula is C18H30N6S. The Morgan fingerprint density at radius 1 is 1.40 bits per heavy atom. The van der Waals surface area contributed by atoms with Gasteiger partial charge in [0.15, 0.2) is 0 Å². The predicted octanol–water partition coefficient (Wildman–Crippen LogP) is 3.05. The molecule has 2 aliphatic rings. The zero-order valence-electron chi connectivity index (χ0n) is 15.5. The van der Waals surface area contributed by atoms with Crippen molar-refractivity contribution in [3.8, 4) is 0 Å². The van der Waals surface area contributed by atoms with E-state index in [1.807, 2.05) is 20.0 Å². The first kappa shape index (κ1) is 19.4. The van der Waals surface area contributed by atoms with Crippen molar-refractivity contribution in [2.45, 2.75) is 40.0 Å². The highest BCUT2D eigenvalue weighted by molar-refractivity contribution is 8.02. The summed E-state index contributed by atoms with van der Waals surface area (Å²) in [6.07, 6.45) is 6.78. The van der Waals surface area contributed by atoms with Crippen LogP contribution in [-0.4, -0.2) is 25.5 Å². The van der Waals surface area contributed by atoms with Crippen molar-refractivity contribution in [3.63, 3.8) is 0 Å². The molecule has 2 heterocycles. The average Bonchev–Trinajstić information content (AvgIpc) is 2.60. The van der Waals surface area contributed by atoms with Gasteiger partial charge in [0, 0.05) is 37.1 Å². The standard InChI is InChI=1S/C18H30N6S/c1-11(2)17(21-4)18-16(20)12(3)9-15(23-18)24-25-14(10-19)13-7-5-6-8-22-13/h9-12,19-24H,5-8H2,1-4H3/b14-13+,18-17+,19-10?,20-16?. The Hall–Kier alpha value is -1.89. The molecule has 1 unspecified atom stereocenters. The van der Waals surface area contributed by atoms with Crippen molar-refractivity contribution >= 4 is 23.9 Å². The quantitative estimate of drug-likeness (QED) is 0.322. The van der Waals surface area contributed by atoms with E-state index in [9.17, 15) is 0 Å². The Morgan fingerprint density at radius 3 is 2.72 bits per heavy atom. The molecule has 0 aromatic rings. The lowest BCUT2D eigenvalue weighted by molar-refractivity contribution is 0.588. The summed E-state index contributed by atoms with van der Waals surface area (Å²) in [5.74, 6) is 1.20. The van der Waals surface area contributed by atoms with Crippen molar-refractivity contribution in [2.24, 2.45) is 11.8 Å². The molecule has 138 valence electrons. The molecule has 0 aliphatic carbocycles. The summed E-state index contributed by atoms with van der Waals surface area (Å²) >= 11 is 1.45. The van der Waals surface area contributed by atoms with Crippen molar-refractivity contribution in [1.29, 1.82) is 10.8 Å². The topological polar surface area (TPSA) is 95.8 Å². The lowest BCUT2D eigenvalue weighted by atomic mass is 9.95. The van der Waals surface area contributed by atoms with Gasteiger partial charge in [0.25, 0.3) is 0 Å². The van der Waals surface area contributed by atoms with E-state index in [0.717, 1.165) is 40.8 Å². The normalized spacial score (nSPS) is 24.8. The number of piperidine rings is 1. The molecule has 0 spiro atoms. The smallest absolute Gasteiger partial charge is 0.110 e. The number of hydrogen-bond acceptors (Lipinski definition) is 7. The van der Waals surface area contributed by atoms with Crippen LogP contribution in [0.5, 0.6) is 0 Å². The van der Waals surface area contributed by atoms with Gasteiger partial charge < -0.3 is 31.5 Å². The van der Waals surface area contributed by atoms with Crippen molar-refractivity contribution in [1.82, 2.24) is 20.7 Å². The third-order valence-corrected chi connectivity index (χ3v) is 5.31. The largest absolute Gasteiger partial charge is 0.389 e. The van der Waals surface area contributed by atoms with Gasteiger partial charge in [0.05, 0.1) is 16.3 Å². The van der Waals surface area contributed by atoms with Gasteiger partial charge in [-0.25, -0.2) is 0 Å². The van der Waals surface area contributed by atoms with Crippen LogP contribution in [-0.2, 0) is 0 Å². The molecule has 0 aromatic heterocycles. The van der Waals surface area contributed by atoms with Crippen molar-refractivity contribution < 1.29 is 0 Å². The second-order valence-electron chi connectivity index (χ2n) is 6.68. The Kier molecular flexibility index (Phi) is 6.99. The number of allylic oxidation sites excluding steroid dienone is 5. The Labute approximate surface area is 155 Å². The summed E-state index contributed by atoms with van der Waals surface area (Å²) < 4.78 is 3.33. The Bertz CT molecular complexity index is 609. The SMILES string of the molecule is CN/C(=C1/NC(NS/C(C=N)=C2\CCCCN2)=CC(C)C1=N)C(C)C. The van der Waals surface area contributed by atoms with E-state index in [4.69, 9.17) is 10.8 Å². The van der Waals surface area contributed by atoms with Crippen LogP contribution in [0.1, 0.15) is 40.0 Å². The number of hydrogen-bond donors (Lipinski definition) is 6. The Morgan fingerprint density at radius 2 is 2.16 bits per heavy atom. The van der Waals surface area contributed by atoms with Gasteiger partial charge >= 0.3 is 0 Å². The molecular weight excluding hydrogens is 332 g/mol. The predicted molar refractivity (Wildman–Crippen MR) is 107 cm³/mol. The fourth-order valence-electron chi connectivity index (χ4n) is 3.03. The minimum atomic E-state index is 0.0327. The zero-order chi connectivity index (χ0) is 18.4. The molecule has 6 N–H and O–H groups in total. The third-order valence-electron chi connectivity index (χ3n) is 4.41. The molecule has 25 heavy (non-hydrogen) atoms. The molecule has 0 saturated carbocycles. The minimum Gasteiger partial charge on any atom is -0.389 e. The number of rotatable bonds is 6. The first-order valence-corrected chi connectivity index (χ1v) is 9.69. The average molecular weight is 363 g/mol. The van der Waals surface area contributed by atoms with Crippen LogP contribution in [0.3, 0.4) is 0 Å². The van der Waals surface area contributed by atoms with Gasteiger partial charge in [-0.05, 0) is 43.2 Å². The van der Waals surface area contributed by atoms with Crippen LogP contribution in [0, 0.1) is 22.7 Å². The van der Waals surface area contributed by atoms with Crippen LogP contribution >= 0.6 is 11.9 Å². The van der Waals surface area contributed by atoms with Crippen LogP contribution in [0.2, 0.25) is 0 Å². The van der Waals surface area contributed by atoms with Crippen molar-refractivity contribution in [2.75, 3.05) is 13.6 Å². The summed E-state index contributed by atoms with van der Waals surface area (Å²) in [5, 5.41) is 26.1. The molecule has 7 heteroatoms. The first-order chi connectivity index (χ1) is 12.0. The molecule has 1 fully saturated rings. The van der Waals surface area contributed by atoms with E-state index in [0.29, 0.717) is 11.6 Å². The highest BCUT2D eigenvalue weighted by Crippen LogP contribution is 2.24. The third kappa shape index (κ3) is 4.81. The minimum absolute atomic E-state index is 0.0327. The second-order valence-corrected chi connectivity index (χ2v) is 7.52. The molecule has 2 rings (SSSR count). The summed E-state index contributed by atoms with van der Waals surface area (Å²) in [6, 6.07) is 0. The molecule has 1 atom stereocenters. The molecule has 1 saturated heterocycles. The highest BCUT2D eigenvalue weighted by Gasteiger charge is 2.24. The van der Waals surface area contributed by atoms with E-state index in [-0.39, 0.29) is 5.92 Å². The molecule has 0 amide bonds. The van der Waals surface area contributed by atoms with Gasteiger partial charge in [0.2, 0.25) is 0 Å². The number of nitrogens with one attached hydrogen (secondary N) is 6. The maximum absolute atomic E-state index is 8.39. The van der Waals surface area contributed by atoms with Crippen LogP contribution < -0.4 is 20.7 Å². The molecule has 6 nitrogen and oxygen atoms in total. The first-order valence-electron chi connectivity index (χ1n) is 8.87. The van der Waals surface area contributed by atoms with Gasteiger partial charge in [-0.2, -0.15) is 0 Å². The summed E-state index contributed by atoms with van der Waals surface area (Å²) in [5.41, 5.74) is 3.61. The van der Waals surface area contributed by atoms with Gasteiger partial charge in [-0.15, -0.1) is 0 Å². The summed E-state index contributed by atoms with van der Waals surface area (Å²) in [7, 11) is 1.90. The Balaban J connectivity index is 2.15. The maximum Gasteiger partial charge on any atom is 0.110 e. The van der Waals surface area contributed by atoms with Gasteiger partial charge in [-0.3, -0.25) is 0 Å².